The summed E-state index contributed by atoms with van der Waals surface area (Å²) in [6, 6.07) is 15.2. The third-order valence-corrected chi connectivity index (χ3v) is 9.63. The first kappa shape index (κ1) is 33.4. The molecule has 3 fully saturated rings. The van der Waals surface area contributed by atoms with E-state index >= 15 is 0 Å². The lowest BCUT2D eigenvalue weighted by atomic mass is 9.86. The summed E-state index contributed by atoms with van der Waals surface area (Å²) in [6.45, 7) is 4.44. The summed E-state index contributed by atoms with van der Waals surface area (Å²) < 4.78 is 48.4. The van der Waals surface area contributed by atoms with Crippen molar-refractivity contribution in [3.63, 3.8) is 0 Å². The molecule has 48 heavy (non-hydrogen) atoms. The number of rotatable bonds is 11. The summed E-state index contributed by atoms with van der Waals surface area (Å²) in [4.78, 5) is 23.9. The van der Waals surface area contributed by atoms with Crippen LogP contribution in [-0.2, 0) is 25.6 Å². The molecule has 3 aliphatic rings. The van der Waals surface area contributed by atoms with Crippen LogP contribution in [0.4, 0.5) is 11.4 Å². The summed E-state index contributed by atoms with van der Waals surface area (Å²) in [5, 5.41) is 25.0. The first-order valence-corrected chi connectivity index (χ1v) is 15.5. The van der Waals surface area contributed by atoms with E-state index in [4.69, 9.17) is 37.9 Å². The minimum Gasteiger partial charge on any atom is -0.493 e. The molecular formula is C34H38N2O12. The third-order valence-electron chi connectivity index (χ3n) is 9.63. The van der Waals surface area contributed by atoms with E-state index in [2.05, 4.69) is 0 Å². The van der Waals surface area contributed by atoms with Crippen LogP contribution in [0, 0.1) is 32.1 Å². The Bertz CT molecular complexity index is 1600. The molecule has 0 N–H and O–H groups in total. The van der Waals surface area contributed by atoms with Crippen molar-refractivity contribution in [2.75, 3.05) is 28.4 Å². The third kappa shape index (κ3) is 5.68. The Morgan fingerprint density at radius 1 is 0.750 bits per heavy atom. The van der Waals surface area contributed by atoms with E-state index in [1.807, 2.05) is 44.2 Å². The molecule has 0 aliphatic carbocycles. The quantitative estimate of drug-likeness (QED) is 0.171. The molecule has 0 radical (unpaired) electrons. The Kier molecular flexibility index (Phi) is 9.18. The molecule has 3 heterocycles. The molecule has 2 bridgehead atoms. The number of benzene rings is 3. The first-order chi connectivity index (χ1) is 23.0. The molecule has 3 aromatic carbocycles. The van der Waals surface area contributed by atoms with E-state index in [-0.39, 0.29) is 76.0 Å². The fraction of sp³-hybridized carbons (Fsp3) is 0.471. The Hall–Kier alpha value is -4.50. The summed E-state index contributed by atoms with van der Waals surface area (Å²) in [5.74, 6) is -1.05. The van der Waals surface area contributed by atoms with Gasteiger partial charge in [0.1, 0.15) is 18.3 Å². The van der Waals surface area contributed by atoms with E-state index in [1.54, 1.807) is 0 Å². The van der Waals surface area contributed by atoms with Crippen LogP contribution in [0.15, 0.2) is 54.6 Å². The summed E-state index contributed by atoms with van der Waals surface area (Å²) >= 11 is 0. The molecule has 7 atom stereocenters. The molecule has 3 saturated heterocycles. The lowest BCUT2D eigenvalue weighted by Crippen LogP contribution is -2.50. The van der Waals surface area contributed by atoms with Crippen LogP contribution in [-0.4, -0.2) is 62.4 Å². The van der Waals surface area contributed by atoms with Gasteiger partial charge >= 0.3 is 0 Å². The van der Waals surface area contributed by atoms with Crippen molar-refractivity contribution in [1.82, 2.24) is 0 Å². The van der Waals surface area contributed by atoms with Gasteiger partial charge in [0.25, 0.3) is 11.4 Å². The van der Waals surface area contributed by atoms with Gasteiger partial charge in [0.2, 0.25) is 0 Å². The van der Waals surface area contributed by atoms with Crippen molar-refractivity contribution < 1.29 is 47.7 Å². The largest absolute Gasteiger partial charge is 0.493 e. The monoisotopic (exact) mass is 666 g/mol. The van der Waals surface area contributed by atoms with Crippen LogP contribution in [0.3, 0.4) is 0 Å². The normalized spacial score (nSPS) is 27.1. The standard InChI is InChI=1S/C34H38N2O12/c1-18-29-16-34(33(46-29)19(2)30(18)45-17-20-10-8-7-9-11-20)47-31(21-12-25(41-3)27(43-5)14-23(21)35(37)38)32(48-34)22-13-26(42-4)28(44-6)15-24(22)36(39)40/h7-15,18-19,29-33H,16-17H2,1-6H3/t18-,19+,29-,30+,31-,32-,33-/m1/s1. The highest BCUT2D eigenvalue weighted by molar-refractivity contribution is 5.59. The minimum absolute atomic E-state index is 0.0603. The van der Waals surface area contributed by atoms with Crippen molar-refractivity contribution in [1.29, 1.82) is 0 Å². The molecule has 14 heteroatoms. The SMILES string of the molecule is COc1cc([C@H]2OC3(C[C@H]4O[C@@H]3[C@@H](C)[C@@H](OCc3ccccc3)[C@@H]4C)O[C@@H]2c2cc(OC)c(OC)cc2[N+](=O)[O-])c([N+](=O)[O-])cc1OC. The van der Waals surface area contributed by atoms with Gasteiger partial charge in [-0.2, -0.15) is 0 Å². The number of hydrogen-bond acceptors (Lipinski definition) is 12. The Balaban J connectivity index is 1.47. The Labute approximate surface area is 277 Å². The predicted molar refractivity (Wildman–Crippen MR) is 169 cm³/mol. The number of fused-ring (bicyclic) bond motifs is 3. The molecule has 0 aromatic heterocycles. The minimum atomic E-state index is -1.43. The molecule has 256 valence electrons. The maximum Gasteiger partial charge on any atom is 0.279 e. The molecule has 3 aromatic rings. The van der Waals surface area contributed by atoms with Gasteiger partial charge in [-0.25, -0.2) is 0 Å². The maximum absolute atomic E-state index is 12.5. The van der Waals surface area contributed by atoms with Gasteiger partial charge in [-0.1, -0.05) is 44.2 Å². The number of ether oxygens (including phenoxy) is 8. The summed E-state index contributed by atoms with van der Waals surface area (Å²) in [7, 11) is 5.56. The second-order valence-corrected chi connectivity index (χ2v) is 12.2. The van der Waals surface area contributed by atoms with E-state index in [0.29, 0.717) is 6.61 Å². The van der Waals surface area contributed by atoms with Gasteiger partial charge in [0, 0.05) is 18.3 Å². The van der Waals surface area contributed by atoms with Gasteiger partial charge in [-0.3, -0.25) is 20.2 Å². The Morgan fingerprint density at radius 2 is 1.23 bits per heavy atom. The Morgan fingerprint density at radius 3 is 1.69 bits per heavy atom. The van der Waals surface area contributed by atoms with Crippen molar-refractivity contribution in [3.05, 3.63) is 91.5 Å². The topological polar surface area (TPSA) is 160 Å². The lowest BCUT2D eigenvalue weighted by molar-refractivity contribution is -0.387. The highest BCUT2D eigenvalue weighted by Crippen LogP contribution is 2.60. The number of hydrogen-bond donors (Lipinski definition) is 0. The second-order valence-electron chi connectivity index (χ2n) is 12.2. The lowest BCUT2D eigenvalue weighted by Gasteiger charge is -2.41. The summed E-state index contributed by atoms with van der Waals surface area (Å²) in [5.41, 5.74) is 0.531. The highest BCUT2D eigenvalue weighted by atomic mass is 16.8. The molecular weight excluding hydrogens is 628 g/mol. The zero-order valence-corrected chi connectivity index (χ0v) is 27.4. The van der Waals surface area contributed by atoms with Crippen LogP contribution >= 0.6 is 0 Å². The molecule has 14 nitrogen and oxygen atoms in total. The molecule has 0 amide bonds. The predicted octanol–water partition coefficient (Wildman–Crippen LogP) is 6.09. The average Bonchev–Trinajstić information content (AvgIpc) is 3.65. The zero-order valence-electron chi connectivity index (χ0n) is 27.4. The molecule has 1 spiro atoms. The van der Waals surface area contributed by atoms with Crippen molar-refractivity contribution in [3.8, 4) is 23.0 Å². The fourth-order valence-electron chi connectivity index (χ4n) is 7.31. The molecule has 6 rings (SSSR count). The fourth-order valence-corrected chi connectivity index (χ4v) is 7.31. The van der Waals surface area contributed by atoms with Crippen molar-refractivity contribution in [2.45, 2.75) is 63.2 Å². The second kappa shape index (κ2) is 13.2. The number of nitro groups is 2. The van der Waals surface area contributed by atoms with E-state index in [9.17, 15) is 20.2 Å². The van der Waals surface area contributed by atoms with Crippen LogP contribution in [0.25, 0.3) is 0 Å². The van der Waals surface area contributed by atoms with Gasteiger partial charge in [-0.05, 0) is 17.7 Å². The van der Waals surface area contributed by atoms with E-state index in [0.717, 1.165) is 5.56 Å². The van der Waals surface area contributed by atoms with E-state index < -0.39 is 33.9 Å². The number of nitro benzene ring substituents is 2. The van der Waals surface area contributed by atoms with Crippen LogP contribution in [0.1, 0.15) is 49.2 Å². The molecule has 0 saturated carbocycles. The summed E-state index contributed by atoms with van der Waals surface area (Å²) in [6.07, 6.45) is -3.39. The van der Waals surface area contributed by atoms with E-state index in [1.165, 1.54) is 52.7 Å². The number of nitrogens with zero attached hydrogens (tertiary/aromatic N) is 2. The average molecular weight is 667 g/mol. The van der Waals surface area contributed by atoms with Crippen LogP contribution in [0.5, 0.6) is 23.0 Å². The van der Waals surface area contributed by atoms with Gasteiger partial charge in [-0.15, -0.1) is 0 Å². The first-order valence-electron chi connectivity index (χ1n) is 15.5. The zero-order chi connectivity index (χ0) is 34.3. The highest BCUT2D eigenvalue weighted by Gasteiger charge is 2.66. The molecule has 3 aliphatic heterocycles. The van der Waals surface area contributed by atoms with Gasteiger partial charge in [0.05, 0.1) is 80.4 Å². The smallest absolute Gasteiger partial charge is 0.279 e. The van der Waals surface area contributed by atoms with Crippen molar-refractivity contribution >= 4 is 11.4 Å². The molecule has 0 unspecified atom stereocenters. The van der Waals surface area contributed by atoms with Gasteiger partial charge in [0.15, 0.2) is 28.8 Å². The van der Waals surface area contributed by atoms with Crippen LogP contribution in [0.2, 0.25) is 0 Å². The van der Waals surface area contributed by atoms with Crippen LogP contribution < -0.4 is 18.9 Å². The number of methoxy groups -OCH3 is 4. The van der Waals surface area contributed by atoms with Crippen molar-refractivity contribution in [2.24, 2.45) is 11.8 Å². The maximum atomic E-state index is 12.5. The van der Waals surface area contributed by atoms with Gasteiger partial charge < -0.3 is 37.9 Å².